The minimum atomic E-state index is -0.497. The lowest BCUT2D eigenvalue weighted by Crippen LogP contribution is -2.24. The van der Waals surface area contributed by atoms with Crippen molar-refractivity contribution in [1.29, 1.82) is 0 Å². The maximum absolute atomic E-state index is 10.8. The van der Waals surface area contributed by atoms with E-state index in [-0.39, 0.29) is 17.8 Å². The SMILES string of the molecule is Cn1cnc([N+](=O)[O-])c1NCC(C)(C)CCCO. The van der Waals surface area contributed by atoms with Gasteiger partial charge in [-0.2, -0.15) is 0 Å². The summed E-state index contributed by atoms with van der Waals surface area (Å²) in [6.07, 6.45) is 2.99. The van der Waals surface area contributed by atoms with Gasteiger partial charge in [0.25, 0.3) is 0 Å². The Balaban J connectivity index is 2.68. The van der Waals surface area contributed by atoms with Crippen molar-refractivity contribution < 1.29 is 10.0 Å². The normalized spacial score (nSPS) is 11.6. The molecule has 0 saturated carbocycles. The molecule has 0 spiro atoms. The van der Waals surface area contributed by atoms with Crippen LogP contribution in [0.15, 0.2) is 6.33 Å². The quantitative estimate of drug-likeness (QED) is 0.570. The van der Waals surface area contributed by atoms with Crippen LogP contribution >= 0.6 is 0 Å². The third kappa shape index (κ3) is 3.69. The van der Waals surface area contributed by atoms with Crippen molar-refractivity contribution in [1.82, 2.24) is 9.55 Å². The number of nitro groups is 1. The van der Waals surface area contributed by atoms with E-state index in [1.54, 1.807) is 11.6 Å². The topological polar surface area (TPSA) is 93.2 Å². The van der Waals surface area contributed by atoms with Crippen LogP contribution in [0.5, 0.6) is 0 Å². The van der Waals surface area contributed by atoms with Crippen LogP contribution in [-0.2, 0) is 7.05 Å². The Morgan fingerprint density at radius 3 is 2.83 bits per heavy atom. The summed E-state index contributed by atoms with van der Waals surface area (Å²) in [7, 11) is 1.71. The van der Waals surface area contributed by atoms with Gasteiger partial charge in [-0.25, -0.2) is 0 Å². The number of anilines is 1. The largest absolute Gasteiger partial charge is 0.406 e. The van der Waals surface area contributed by atoms with E-state index >= 15 is 0 Å². The van der Waals surface area contributed by atoms with E-state index in [9.17, 15) is 10.1 Å². The molecule has 0 aliphatic carbocycles. The molecule has 0 aliphatic heterocycles. The highest BCUT2D eigenvalue weighted by Crippen LogP contribution is 2.26. The molecule has 0 saturated heterocycles. The molecule has 1 aromatic heterocycles. The molecular weight excluding hydrogens is 236 g/mol. The highest BCUT2D eigenvalue weighted by Gasteiger charge is 2.23. The van der Waals surface area contributed by atoms with E-state index in [1.165, 1.54) is 6.33 Å². The number of imidazole rings is 1. The first-order valence-electron chi connectivity index (χ1n) is 5.88. The van der Waals surface area contributed by atoms with Crippen molar-refractivity contribution in [2.45, 2.75) is 26.7 Å². The highest BCUT2D eigenvalue weighted by atomic mass is 16.6. The summed E-state index contributed by atoms with van der Waals surface area (Å²) in [6.45, 7) is 4.86. The molecule has 0 amide bonds. The molecule has 0 unspecified atom stereocenters. The lowest BCUT2D eigenvalue weighted by Gasteiger charge is -2.24. The van der Waals surface area contributed by atoms with Gasteiger partial charge in [-0.1, -0.05) is 13.8 Å². The van der Waals surface area contributed by atoms with Crippen LogP contribution in [0.4, 0.5) is 11.6 Å². The second-order valence-electron chi connectivity index (χ2n) is 5.13. The Bertz CT molecular complexity index is 414. The molecule has 18 heavy (non-hydrogen) atoms. The maximum atomic E-state index is 10.8. The van der Waals surface area contributed by atoms with Gasteiger partial charge >= 0.3 is 5.82 Å². The zero-order chi connectivity index (χ0) is 13.8. The zero-order valence-electron chi connectivity index (χ0n) is 11.0. The summed E-state index contributed by atoms with van der Waals surface area (Å²) in [5.41, 5.74) is -0.0408. The fraction of sp³-hybridized carbons (Fsp3) is 0.727. The van der Waals surface area contributed by atoms with Gasteiger partial charge in [-0.05, 0) is 28.2 Å². The van der Waals surface area contributed by atoms with Crippen LogP contribution < -0.4 is 5.32 Å². The van der Waals surface area contributed by atoms with Gasteiger partial charge in [0.2, 0.25) is 12.1 Å². The van der Waals surface area contributed by atoms with Gasteiger partial charge in [-0.15, -0.1) is 0 Å². The minimum Gasteiger partial charge on any atom is -0.396 e. The molecule has 0 bridgehead atoms. The van der Waals surface area contributed by atoms with Crippen LogP contribution in [0.1, 0.15) is 26.7 Å². The maximum Gasteiger partial charge on any atom is 0.406 e. The summed E-state index contributed by atoms with van der Waals surface area (Å²) in [5, 5.41) is 22.7. The summed E-state index contributed by atoms with van der Waals surface area (Å²) in [6, 6.07) is 0. The third-order valence-corrected chi connectivity index (χ3v) is 2.84. The molecule has 0 aliphatic rings. The summed E-state index contributed by atoms with van der Waals surface area (Å²) >= 11 is 0. The first-order valence-corrected chi connectivity index (χ1v) is 5.88. The predicted octanol–water partition coefficient (Wildman–Crippen LogP) is 1.54. The average Bonchev–Trinajstić information content (AvgIpc) is 2.66. The number of rotatable bonds is 7. The first kappa shape index (κ1) is 14.4. The van der Waals surface area contributed by atoms with E-state index < -0.39 is 4.92 Å². The molecule has 1 heterocycles. The molecule has 0 radical (unpaired) electrons. The molecule has 2 N–H and O–H groups in total. The Morgan fingerprint density at radius 2 is 2.28 bits per heavy atom. The molecule has 7 nitrogen and oxygen atoms in total. The summed E-state index contributed by atoms with van der Waals surface area (Å²) < 4.78 is 1.60. The highest BCUT2D eigenvalue weighted by molar-refractivity contribution is 5.52. The van der Waals surface area contributed by atoms with Crippen molar-refractivity contribution in [3.63, 3.8) is 0 Å². The molecule has 1 aromatic rings. The Labute approximate surface area is 106 Å². The summed E-state index contributed by atoms with van der Waals surface area (Å²) in [4.78, 5) is 14.0. The summed E-state index contributed by atoms with van der Waals surface area (Å²) in [5.74, 6) is 0.257. The molecule has 0 fully saturated rings. The van der Waals surface area contributed by atoms with Crippen LogP contribution in [0, 0.1) is 15.5 Å². The molecule has 0 aromatic carbocycles. The number of aliphatic hydroxyl groups is 1. The molecule has 7 heteroatoms. The number of aliphatic hydroxyl groups excluding tert-OH is 1. The molecule has 102 valence electrons. The monoisotopic (exact) mass is 256 g/mol. The van der Waals surface area contributed by atoms with Crippen LogP contribution in [0.3, 0.4) is 0 Å². The fourth-order valence-corrected chi connectivity index (χ4v) is 1.72. The van der Waals surface area contributed by atoms with E-state index in [1.807, 2.05) is 0 Å². The third-order valence-electron chi connectivity index (χ3n) is 2.84. The van der Waals surface area contributed by atoms with E-state index in [0.29, 0.717) is 12.4 Å². The number of aryl methyl sites for hydroxylation is 1. The predicted molar refractivity (Wildman–Crippen MR) is 68.5 cm³/mol. The van der Waals surface area contributed by atoms with Crippen molar-refractivity contribution >= 4 is 11.6 Å². The van der Waals surface area contributed by atoms with Crippen LogP contribution in [-0.4, -0.2) is 32.7 Å². The second kappa shape index (κ2) is 5.81. The standard InChI is InChI=1S/C11H20N4O3/c1-11(2,5-4-6-16)7-12-9-10(15(17)18)13-8-14(9)3/h8,12,16H,4-7H2,1-3H3. The van der Waals surface area contributed by atoms with Gasteiger partial charge in [0.1, 0.15) is 0 Å². The number of hydrogen-bond donors (Lipinski definition) is 2. The number of nitrogens with zero attached hydrogens (tertiary/aromatic N) is 3. The van der Waals surface area contributed by atoms with Crippen LogP contribution in [0.2, 0.25) is 0 Å². The Hall–Kier alpha value is -1.63. The van der Waals surface area contributed by atoms with Crippen molar-refractivity contribution in [3.8, 4) is 0 Å². The lowest BCUT2D eigenvalue weighted by molar-refractivity contribution is -0.388. The van der Waals surface area contributed by atoms with Gasteiger partial charge in [0, 0.05) is 20.2 Å². The second-order valence-corrected chi connectivity index (χ2v) is 5.13. The van der Waals surface area contributed by atoms with Crippen molar-refractivity contribution in [3.05, 3.63) is 16.4 Å². The Kier molecular flexibility index (Phi) is 4.66. The number of aromatic nitrogens is 2. The Morgan fingerprint density at radius 1 is 1.61 bits per heavy atom. The fourth-order valence-electron chi connectivity index (χ4n) is 1.72. The smallest absolute Gasteiger partial charge is 0.396 e. The van der Waals surface area contributed by atoms with E-state index in [2.05, 4.69) is 24.1 Å². The number of nitrogens with one attached hydrogen (secondary N) is 1. The molecule has 1 rings (SSSR count). The lowest BCUT2D eigenvalue weighted by atomic mass is 9.88. The minimum absolute atomic E-state index is 0.0408. The number of hydrogen-bond acceptors (Lipinski definition) is 5. The van der Waals surface area contributed by atoms with Gasteiger partial charge < -0.3 is 20.5 Å². The van der Waals surface area contributed by atoms with Gasteiger partial charge in [0.05, 0.1) is 0 Å². The van der Waals surface area contributed by atoms with Crippen molar-refractivity contribution in [2.24, 2.45) is 12.5 Å². The molecular formula is C11H20N4O3. The van der Waals surface area contributed by atoms with E-state index in [4.69, 9.17) is 5.11 Å². The van der Waals surface area contributed by atoms with E-state index in [0.717, 1.165) is 12.8 Å². The van der Waals surface area contributed by atoms with Crippen molar-refractivity contribution in [2.75, 3.05) is 18.5 Å². The average molecular weight is 256 g/mol. The zero-order valence-corrected chi connectivity index (χ0v) is 11.0. The van der Waals surface area contributed by atoms with Gasteiger partial charge in [-0.3, -0.25) is 4.57 Å². The van der Waals surface area contributed by atoms with Crippen LogP contribution in [0.25, 0.3) is 0 Å². The van der Waals surface area contributed by atoms with Gasteiger partial charge in [0.15, 0.2) is 0 Å². The molecule has 0 atom stereocenters. The first-order chi connectivity index (χ1) is 8.37.